The Morgan fingerprint density at radius 3 is 2.53 bits per heavy atom. The molecule has 0 heterocycles. The van der Waals surface area contributed by atoms with E-state index in [0.29, 0.717) is 0 Å². The number of nitro benzene ring substituents is 1. The molecule has 0 aliphatic heterocycles. The molecule has 1 aliphatic rings. The second-order valence-corrected chi connectivity index (χ2v) is 4.02. The third kappa shape index (κ3) is 1.34. The fraction of sp³-hybridized carbons (Fsp3) is 0.0769. The smallest absolute Gasteiger partial charge is 0.270 e. The summed E-state index contributed by atoms with van der Waals surface area (Å²) in [5.41, 5.74) is 3.22. The van der Waals surface area contributed by atoms with Crippen molar-refractivity contribution in [1.82, 2.24) is 0 Å². The molecule has 4 heteroatoms. The van der Waals surface area contributed by atoms with Gasteiger partial charge < -0.3 is 5.11 Å². The fourth-order valence-corrected chi connectivity index (χ4v) is 2.28. The lowest BCUT2D eigenvalue weighted by Gasteiger charge is -2.03. The Bertz CT molecular complexity index is 622. The molecule has 0 unspecified atom stereocenters. The Morgan fingerprint density at radius 2 is 1.76 bits per heavy atom. The first-order valence-electron chi connectivity index (χ1n) is 5.24. The van der Waals surface area contributed by atoms with E-state index in [-0.39, 0.29) is 5.69 Å². The number of aliphatic hydroxyl groups is 1. The number of rotatable bonds is 1. The minimum Gasteiger partial charge on any atom is -0.384 e. The molecule has 4 nitrogen and oxygen atoms in total. The van der Waals surface area contributed by atoms with Crippen molar-refractivity contribution in [2.45, 2.75) is 6.10 Å². The van der Waals surface area contributed by atoms with Crippen molar-refractivity contribution in [3.8, 4) is 11.1 Å². The average molecular weight is 227 g/mol. The minimum atomic E-state index is -0.679. The van der Waals surface area contributed by atoms with Crippen LogP contribution in [0.25, 0.3) is 11.1 Å². The first-order valence-corrected chi connectivity index (χ1v) is 5.24. The summed E-state index contributed by atoms with van der Waals surface area (Å²) in [6.07, 6.45) is -0.679. The first-order chi connectivity index (χ1) is 8.18. The van der Waals surface area contributed by atoms with Crippen molar-refractivity contribution in [3.05, 3.63) is 63.7 Å². The molecule has 0 amide bonds. The van der Waals surface area contributed by atoms with E-state index in [1.165, 1.54) is 12.1 Å². The summed E-state index contributed by atoms with van der Waals surface area (Å²) in [6.45, 7) is 0. The summed E-state index contributed by atoms with van der Waals surface area (Å²) in [5, 5.41) is 20.8. The topological polar surface area (TPSA) is 63.4 Å². The van der Waals surface area contributed by atoms with E-state index in [9.17, 15) is 15.2 Å². The number of hydrogen-bond donors (Lipinski definition) is 1. The quantitative estimate of drug-likeness (QED) is 0.601. The van der Waals surface area contributed by atoms with Gasteiger partial charge in [0.15, 0.2) is 0 Å². The summed E-state index contributed by atoms with van der Waals surface area (Å²) < 4.78 is 0. The van der Waals surface area contributed by atoms with Gasteiger partial charge in [0.1, 0.15) is 6.10 Å². The van der Waals surface area contributed by atoms with Crippen LogP contribution in [-0.2, 0) is 0 Å². The van der Waals surface area contributed by atoms with Crippen molar-refractivity contribution in [3.63, 3.8) is 0 Å². The van der Waals surface area contributed by atoms with Gasteiger partial charge >= 0.3 is 0 Å². The van der Waals surface area contributed by atoms with Gasteiger partial charge in [0.05, 0.1) is 4.92 Å². The van der Waals surface area contributed by atoms with Crippen LogP contribution in [0, 0.1) is 10.1 Å². The molecule has 0 bridgehead atoms. The average Bonchev–Trinajstić information content (AvgIpc) is 2.64. The fourth-order valence-electron chi connectivity index (χ4n) is 2.28. The molecule has 0 fully saturated rings. The number of nitro groups is 1. The molecule has 3 rings (SSSR count). The summed E-state index contributed by atoms with van der Waals surface area (Å²) in [5.74, 6) is 0. The Balaban J connectivity index is 2.27. The molecule has 2 aromatic carbocycles. The zero-order chi connectivity index (χ0) is 12.0. The standard InChI is InChI=1S/C13H9NO3/c15-13-10-4-2-1-3-9(10)12-7-8(14(16)17)5-6-11(12)13/h1-7,13,15H/t13-/m0/s1. The van der Waals surface area contributed by atoms with Crippen molar-refractivity contribution in [2.75, 3.05) is 0 Å². The van der Waals surface area contributed by atoms with E-state index in [2.05, 4.69) is 0 Å². The van der Waals surface area contributed by atoms with E-state index in [4.69, 9.17) is 0 Å². The molecule has 17 heavy (non-hydrogen) atoms. The van der Waals surface area contributed by atoms with Crippen molar-refractivity contribution < 1.29 is 10.0 Å². The van der Waals surface area contributed by atoms with Crippen LogP contribution in [0.3, 0.4) is 0 Å². The molecule has 1 N–H and O–H groups in total. The van der Waals surface area contributed by atoms with Crippen LogP contribution in [0.15, 0.2) is 42.5 Å². The molecule has 2 aromatic rings. The zero-order valence-corrected chi connectivity index (χ0v) is 8.83. The molecule has 0 spiro atoms. The van der Waals surface area contributed by atoms with Gasteiger partial charge in [-0.25, -0.2) is 0 Å². The monoisotopic (exact) mass is 227 g/mol. The van der Waals surface area contributed by atoms with Crippen molar-refractivity contribution in [1.29, 1.82) is 0 Å². The van der Waals surface area contributed by atoms with Gasteiger partial charge in [-0.3, -0.25) is 10.1 Å². The maximum absolute atomic E-state index is 10.7. The van der Waals surface area contributed by atoms with Crippen LogP contribution >= 0.6 is 0 Å². The van der Waals surface area contributed by atoms with Gasteiger partial charge in [-0.05, 0) is 28.3 Å². The van der Waals surface area contributed by atoms with Crippen LogP contribution in [-0.4, -0.2) is 10.0 Å². The molecule has 1 atom stereocenters. The number of benzene rings is 2. The molecule has 1 aliphatic carbocycles. The second-order valence-electron chi connectivity index (χ2n) is 4.02. The minimum absolute atomic E-state index is 0.0488. The summed E-state index contributed by atoms with van der Waals surface area (Å²) >= 11 is 0. The van der Waals surface area contributed by atoms with E-state index in [1.54, 1.807) is 6.07 Å². The van der Waals surface area contributed by atoms with Crippen LogP contribution in [0.1, 0.15) is 17.2 Å². The third-order valence-electron chi connectivity index (χ3n) is 3.09. The van der Waals surface area contributed by atoms with Gasteiger partial charge in [0.25, 0.3) is 5.69 Å². The first kappa shape index (κ1) is 9.99. The Kier molecular flexibility index (Phi) is 2.00. The highest BCUT2D eigenvalue weighted by Crippen LogP contribution is 2.44. The van der Waals surface area contributed by atoms with Gasteiger partial charge in [-0.15, -0.1) is 0 Å². The highest BCUT2D eigenvalue weighted by atomic mass is 16.6. The number of aliphatic hydroxyl groups excluding tert-OH is 1. The highest BCUT2D eigenvalue weighted by Gasteiger charge is 2.27. The third-order valence-corrected chi connectivity index (χ3v) is 3.09. The van der Waals surface area contributed by atoms with E-state index < -0.39 is 11.0 Å². The van der Waals surface area contributed by atoms with E-state index in [1.807, 2.05) is 24.3 Å². The van der Waals surface area contributed by atoms with Crippen LogP contribution in [0.2, 0.25) is 0 Å². The lowest BCUT2D eigenvalue weighted by molar-refractivity contribution is -0.384. The maximum Gasteiger partial charge on any atom is 0.270 e. The molecule has 84 valence electrons. The number of fused-ring (bicyclic) bond motifs is 3. The molecular weight excluding hydrogens is 218 g/mol. The summed E-state index contributed by atoms with van der Waals surface area (Å²) in [7, 11) is 0. The Hall–Kier alpha value is -2.20. The molecule has 0 aromatic heterocycles. The van der Waals surface area contributed by atoms with Gasteiger partial charge in [0.2, 0.25) is 0 Å². The molecular formula is C13H9NO3. The number of non-ortho nitro benzene ring substituents is 1. The summed E-state index contributed by atoms with van der Waals surface area (Å²) in [4.78, 5) is 10.3. The predicted octanol–water partition coefficient (Wildman–Crippen LogP) is 2.66. The van der Waals surface area contributed by atoms with E-state index in [0.717, 1.165) is 22.3 Å². The van der Waals surface area contributed by atoms with Gasteiger partial charge in [0, 0.05) is 12.1 Å². The predicted molar refractivity (Wildman–Crippen MR) is 62.6 cm³/mol. The lowest BCUT2D eigenvalue weighted by atomic mass is 10.1. The normalized spacial score (nSPS) is 16.4. The van der Waals surface area contributed by atoms with Gasteiger partial charge in [-0.1, -0.05) is 24.3 Å². The largest absolute Gasteiger partial charge is 0.384 e. The highest BCUT2D eigenvalue weighted by molar-refractivity contribution is 5.79. The number of hydrogen-bond acceptors (Lipinski definition) is 3. The maximum atomic E-state index is 10.7. The van der Waals surface area contributed by atoms with Crippen LogP contribution in [0.5, 0.6) is 0 Å². The second kappa shape index (κ2) is 3.40. The number of nitrogens with zero attached hydrogens (tertiary/aromatic N) is 1. The van der Waals surface area contributed by atoms with Crippen molar-refractivity contribution >= 4 is 5.69 Å². The van der Waals surface area contributed by atoms with Crippen molar-refractivity contribution in [2.24, 2.45) is 0 Å². The van der Waals surface area contributed by atoms with Crippen LogP contribution < -0.4 is 0 Å². The molecule has 0 saturated carbocycles. The SMILES string of the molecule is O=[N+]([O-])c1ccc2c(c1)-c1ccccc1[C@@H]2O. The summed E-state index contributed by atoms with van der Waals surface area (Å²) in [6, 6.07) is 12.0. The van der Waals surface area contributed by atoms with Gasteiger partial charge in [-0.2, -0.15) is 0 Å². The Morgan fingerprint density at radius 1 is 1.06 bits per heavy atom. The van der Waals surface area contributed by atoms with E-state index >= 15 is 0 Å². The zero-order valence-electron chi connectivity index (χ0n) is 8.83. The molecule has 0 radical (unpaired) electrons. The van der Waals surface area contributed by atoms with Crippen LogP contribution in [0.4, 0.5) is 5.69 Å². The lowest BCUT2D eigenvalue weighted by Crippen LogP contribution is -1.94. The Labute approximate surface area is 97.3 Å². The molecule has 0 saturated heterocycles.